The summed E-state index contributed by atoms with van der Waals surface area (Å²) in [4.78, 5) is 42.9. The monoisotopic (exact) mass is 638 g/mol. The summed E-state index contributed by atoms with van der Waals surface area (Å²) in [6.07, 6.45) is 4.13. The molecule has 0 saturated heterocycles. The van der Waals surface area contributed by atoms with Crippen molar-refractivity contribution in [1.29, 1.82) is 0 Å². The maximum atomic E-state index is 13.9. The van der Waals surface area contributed by atoms with Gasteiger partial charge in [0, 0.05) is 20.1 Å². The molecule has 0 saturated carbocycles. The Bertz CT molecular complexity index is 1480. The van der Waals surface area contributed by atoms with Gasteiger partial charge in [-0.1, -0.05) is 97.1 Å². The number of carbonyl (C=O) groups is 3. The van der Waals surface area contributed by atoms with Crippen LogP contribution in [0.25, 0.3) is 0 Å². The number of carbonyl (C=O) groups excluding carboxylic acids is 3. The van der Waals surface area contributed by atoms with E-state index >= 15 is 0 Å². The molecule has 3 aromatic carbocycles. The molecule has 4 rings (SSSR count). The Balaban J connectivity index is 1.53. The van der Waals surface area contributed by atoms with E-state index in [1.165, 1.54) is 7.11 Å². The number of rotatable bonds is 17. The summed E-state index contributed by atoms with van der Waals surface area (Å²) in [5, 5.41) is 13.2. The van der Waals surface area contributed by atoms with Crippen LogP contribution in [0.1, 0.15) is 47.6 Å². The van der Waals surface area contributed by atoms with Crippen molar-refractivity contribution in [3.63, 3.8) is 0 Å². The number of benzene rings is 3. The number of allylic oxidation sites excluding steroid dienone is 2. The van der Waals surface area contributed by atoms with Gasteiger partial charge in [-0.25, -0.2) is 0 Å². The summed E-state index contributed by atoms with van der Waals surface area (Å²) in [7, 11) is 1.52. The second-order valence-electron chi connectivity index (χ2n) is 12.0. The molecule has 1 heterocycles. The first-order valence-corrected chi connectivity index (χ1v) is 16.2. The second kappa shape index (κ2) is 18.0. The van der Waals surface area contributed by atoms with Crippen LogP contribution < -0.4 is 5.32 Å². The average Bonchev–Trinajstić information content (AvgIpc) is 3.10. The minimum absolute atomic E-state index is 0.0631. The molecule has 5 atom stereocenters. The molecule has 0 fully saturated rings. The van der Waals surface area contributed by atoms with Gasteiger partial charge in [0.25, 0.3) is 0 Å². The Morgan fingerprint density at radius 2 is 1.53 bits per heavy atom. The maximum absolute atomic E-state index is 13.9. The van der Waals surface area contributed by atoms with Crippen molar-refractivity contribution >= 4 is 17.8 Å². The fourth-order valence-corrected chi connectivity index (χ4v) is 6.15. The van der Waals surface area contributed by atoms with Gasteiger partial charge < -0.3 is 24.8 Å². The highest BCUT2D eigenvalue weighted by Crippen LogP contribution is 2.28. The number of methoxy groups -OCH3 is 1. The van der Waals surface area contributed by atoms with Gasteiger partial charge in [-0.05, 0) is 47.9 Å². The van der Waals surface area contributed by atoms with Crippen molar-refractivity contribution < 1.29 is 29.0 Å². The third-order valence-corrected chi connectivity index (χ3v) is 8.65. The molecule has 3 aromatic rings. The summed E-state index contributed by atoms with van der Waals surface area (Å²) in [5.41, 5.74) is 3.85. The zero-order chi connectivity index (χ0) is 33.6. The molecule has 1 aliphatic rings. The molecular weight excluding hydrogens is 592 g/mol. The molecule has 8 nitrogen and oxygen atoms in total. The van der Waals surface area contributed by atoms with E-state index in [0.717, 1.165) is 16.7 Å². The highest BCUT2D eigenvalue weighted by atomic mass is 16.5. The van der Waals surface area contributed by atoms with Crippen LogP contribution in [0, 0.1) is 11.8 Å². The van der Waals surface area contributed by atoms with E-state index in [9.17, 15) is 19.5 Å². The first-order valence-electron chi connectivity index (χ1n) is 16.2. The lowest BCUT2D eigenvalue weighted by molar-refractivity contribution is -0.158. The first kappa shape index (κ1) is 35.3. The number of aliphatic hydroxyl groups is 1. The van der Waals surface area contributed by atoms with Crippen LogP contribution >= 0.6 is 0 Å². The van der Waals surface area contributed by atoms with Crippen LogP contribution in [0.4, 0.5) is 0 Å². The number of hydrogen-bond acceptors (Lipinski definition) is 6. The molecule has 0 spiro atoms. The fraction of sp³-hybridized carbons (Fsp3) is 0.359. The normalized spacial score (nSPS) is 16.6. The molecular formula is C39H46N2O6. The highest BCUT2D eigenvalue weighted by Gasteiger charge is 2.35. The summed E-state index contributed by atoms with van der Waals surface area (Å²) >= 11 is 0. The summed E-state index contributed by atoms with van der Waals surface area (Å²) in [6, 6.07) is 25.8. The molecule has 2 amide bonds. The zero-order valence-corrected chi connectivity index (χ0v) is 27.1. The molecule has 248 valence electrons. The van der Waals surface area contributed by atoms with Gasteiger partial charge in [0.1, 0.15) is 6.10 Å². The summed E-state index contributed by atoms with van der Waals surface area (Å²) in [6.45, 7) is 7.93. The molecule has 0 bridgehead atoms. The van der Waals surface area contributed by atoms with E-state index in [-0.39, 0.29) is 43.9 Å². The van der Waals surface area contributed by atoms with E-state index in [1.54, 1.807) is 17.1 Å². The number of hydrogen-bond donors (Lipinski definition) is 2. The molecule has 0 radical (unpaired) electrons. The van der Waals surface area contributed by atoms with Crippen LogP contribution in [0.3, 0.4) is 0 Å². The largest absolute Gasteiger partial charge is 0.455 e. The van der Waals surface area contributed by atoms with Gasteiger partial charge in [-0.15, -0.1) is 13.2 Å². The highest BCUT2D eigenvalue weighted by molar-refractivity contribution is 5.86. The Morgan fingerprint density at radius 3 is 2.17 bits per heavy atom. The number of amides is 2. The lowest BCUT2D eigenvalue weighted by atomic mass is 9.92. The smallest absolute Gasteiger partial charge is 0.310 e. The maximum Gasteiger partial charge on any atom is 0.310 e. The fourth-order valence-electron chi connectivity index (χ4n) is 6.15. The van der Waals surface area contributed by atoms with Crippen LogP contribution in [0.15, 0.2) is 110 Å². The topological polar surface area (TPSA) is 105 Å². The first-order chi connectivity index (χ1) is 22.9. The van der Waals surface area contributed by atoms with Gasteiger partial charge in [-0.3, -0.25) is 14.4 Å². The third-order valence-electron chi connectivity index (χ3n) is 8.65. The molecule has 47 heavy (non-hydrogen) atoms. The predicted octanol–water partition coefficient (Wildman–Crippen LogP) is 5.37. The quantitative estimate of drug-likeness (QED) is 0.152. The molecule has 0 aromatic heterocycles. The molecule has 5 unspecified atom stereocenters. The van der Waals surface area contributed by atoms with Gasteiger partial charge >= 0.3 is 5.97 Å². The lowest BCUT2D eigenvalue weighted by Crippen LogP contribution is -2.49. The molecule has 1 aliphatic heterocycles. The van der Waals surface area contributed by atoms with E-state index in [0.29, 0.717) is 31.4 Å². The number of fused-ring (bicyclic) bond motifs is 1. The van der Waals surface area contributed by atoms with Gasteiger partial charge in [0.15, 0.2) is 0 Å². The van der Waals surface area contributed by atoms with Crippen molar-refractivity contribution in [3.05, 3.63) is 132 Å². The lowest BCUT2D eigenvalue weighted by Gasteiger charge is -2.37. The van der Waals surface area contributed by atoms with E-state index in [4.69, 9.17) is 9.47 Å². The second-order valence-corrected chi connectivity index (χ2v) is 12.0. The van der Waals surface area contributed by atoms with Crippen LogP contribution in [0.5, 0.6) is 0 Å². The Labute approximate surface area is 278 Å². The van der Waals surface area contributed by atoms with E-state index in [1.807, 2.05) is 84.9 Å². The number of aliphatic hydroxyl groups excluding tert-OH is 1. The average molecular weight is 639 g/mol. The molecule has 2 N–H and O–H groups in total. The minimum atomic E-state index is -0.854. The standard InChI is InChI=1S/C39H46N2O6/c1-4-14-31(24-36(43)41-25-33-21-13-12-20-30(33)23-34(41)26-42)38(44)40-35(27-46-3)37(29-18-10-7-11-19-29)47-39(45)32(15-5-2)22-28-16-8-6-9-17-28/h4-13,16-21,31-32,34-35,37,42H,1-2,14-15,22-27H2,3H3,(H,40,44). The summed E-state index contributed by atoms with van der Waals surface area (Å²) < 4.78 is 11.7. The van der Waals surface area contributed by atoms with Crippen LogP contribution in [0.2, 0.25) is 0 Å². The van der Waals surface area contributed by atoms with Crippen molar-refractivity contribution in [1.82, 2.24) is 10.2 Å². The summed E-state index contributed by atoms with van der Waals surface area (Å²) in [5.74, 6) is -2.20. The van der Waals surface area contributed by atoms with Crippen LogP contribution in [-0.2, 0) is 43.2 Å². The molecule has 0 aliphatic carbocycles. The SMILES string of the molecule is C=CCC(CC(=O)N1Cc2ccccc2CC1CO)C(=O)NC(COC)C(OC(=O)C(CC=C)Cc1ccccc1)c1ccccc1. The van der Waals surface area contributed by atoms with E-state index < -0.39 is 30.0 Å². The Morgan fingerprint density at radius 1 is 0.915 bits per heavy atom. The Hall–Kier alpha value is -4.53. The van der Waals surface area contributed by atoms with Gasteiger partial charge in [-0.2, -0.15) is 0 Å². The van der Waals surface area contributed by atoms with Crippen molar-refractivity contribution in [2.24, 2.45) is 11.8 Å². The molecule has 8 heteroatoms. The van der Waals surface area contributed by atoms with Crippen molar-refractivity contribution in [2.45, 2.75) is 56.8 Å². The number of ether oxygens (including phenoxy) is 2. The van der Waals surface area contributed by atoms with Gasteiger partial charge in [0.2, 0.25) is 11.8 Å². The van der Waals surface area contributed by atoms with Crippen LogP contribution in [-0.4, -0.2) is 60.2 Å². The predicted molar refractivity (Wildman–Crippen MR) is 182 cm³/mol. The van der Waals surface area contributed by atoms with Crippen molar-refractivity contribution in [2.75, 3.05) is 20.3 Å². The number of nitrogens with one attached hydrogen (secondary N) is 1. The number of esters is 1. The zero-order valence-electron chi connectivity index (χ0n) is 27.1. The Kier molecular flexibility index (Phi) is 13.5. The van der Waals surface area contributed by atoms with Gasteiger partial charge in [0.05, 0.1) is 37.1 Å². The van der Waals surface area contributed by atoms with E-state index in [2.05, 4.69) is 18.5 Å². The minimum Gasteiger partial charge on any atom is -0.455 e. The van der Waals surface area contributed by atoms with Crippen molar-refractivity contribution in [3.8, 4) is 0 Å². The third kappa shape index (κ3) is 9.73. The number of nitrogens with zero attached hydrogens (tertiary/aromatic N) is 1.